The number of nitrogens with one attached hydrogen (secondary N) is 2. The van der Waals surface area contributed by atoms with Gasteiger partial charge in [0, 0.05) is 23.8 Å². The van der Waals surface area contributed by atoms with Crippen molar-refractivity contribution >= 4 is 42.8 Å². The first-order valence-corrected chi connectivity index (χ1v) is 13.8. The zero-order valence-electron chi connectivity index (χ0n) is 21.2. The molecule has 0 aliphatic heterocycles. The third-order valence-corrected chi connectivity index (χ3v) is 6.83. The number of phosphoric acid groups is 1. The van der Waals surface area contributed by atoms with Gasteiger partial charge in [-0.15, -0.1) is 0 Å². The summed E-state index contributed by atoms with van der Waals surface area (Å²) in [5.74, 6) is -0.579. The van der Waals surface area contributed by atoms with Crippen LogP contribution in [0.1, 0.15) is 57.5 Å². The molecule has 0 unspecified atom stereocenters. The van der Waals surface area contributed by atoms with Crippen LogP contribution < -0.4 is 15.5 Å². The van der Waals surface area contributed by atoms with E-state index in [2.05, 4.69) is 25.2 Å². The zero-order valence-corrected chi connectivity index (χ0v) is 22.1. The minimum Gasteiger partial charge on any atom is -0.421 e. The number of aromatic nitrogens is 3. The Balaban J connectivity index is 1.58. The fraction of sp³-hybridized carbons (Fsp3) is 0.375. The Morgan fingerprint density at radius 3 is 2.41 bits per heavy atom. The van der Waals surface area contributed by atoms with E-state index in [-0.39, 0.29) is 41.0 Å². The molecule has 5 rings (SSSR count). The molecule has 206 valence electrons. The molecule has 4 N–H and O–H groups in total. The van der Waals surface area contributed by atoms with Crippen LogP contribution >= 0.6 is 7.82 Å². The summed E-state index contributed by atoms with van der Waals surface area (Å²) in [4.78, 5) is 62.4. The minimum atomic E-state index is -4.92. The number of ether oxygens (including phenoxy) is 1. The first-order valence-electron chi connectivity index (χ1n) is 12.2. The van der Waals surface area contributed by atoms with Gasteiger partial charge >= 0.3 is 13.9 Å². The van der Waals surface area contributed by atoms with Crippen molar-refractivity contribution in [2.24, 2.45) is 0 Å². The lowest BCUT2D eigenvalue weighted by atomic mass is 10.1. The topological polar surface area (TPSA) is 185 Å². The predicted octanol–water partition coefficient (Wildman–Crippen LogP) is 2.47. The maximum absolute atomic E-state index is 13.4. The number of benzene rings is 1. The van der Waals surface area contributed by atoms with Crippen LogP contribution in [0, 0.1) is 13.8 Å². The van der Waals surface area contributed by atoms with E-state index in [0.29, 0.717) is 22.2 Å². The number of carbonyl (C=O) groups excluding carboxylic acids is 3. The van der Waals surface area contributed by atoms with Gasteiger partial charge in [0.05, 0.1) is 11.3 Å². The number of hydrogen-bond donors (Lipinski definition) is 4. The lowest BCUT2D eigenvalue weighted by Gasteiger charge is -2.24. The summed E-state index contributed by atoms with van der Waals surface area (Å²) in [5.41, 5.74) is 2.24. The average Bonchev–Trinajstić information content (AvgIpc) is 3.80. The van der Waals surface area contributed by atoms with Crippen molar-refractivity contribution in [3.8, 4) is 0 Å². The number of nitrogens with zero attached hydrogens (tertiary/aromatic N) is 4. The molecule has 0 atom stereocenters. The summed E-state index contributed by atoms with van der Waals surface area (Å²) in [6.07, 6.45) is 5.23. The second kappa shape index (κ2) is 10.4. The van der Waals surface area contributed by atoms with Crippen LogP contribution in [0.25, 0.3) is 5.52 Å². The molecular weight excluding hydrogens is 531 g/mol. The monoisotopic (exact) mass is 558 g/mol. The van der Waals surface area contributed by atoms with Crippen LogP contribution in [-0.2, 0) is 13.8 Å². The third kappa shape index (κ3) is 6.09. The molecule has 2 saturated carbocycles. The van der Waals surface area contributed by atoms with E-state index < -0.39 is 20.7 Å². The van der Waals surface area contributed by atoms with E-state index in [4.69, 9.17) is 14.5 Å². The summed E-state index contributed by atoms with van der Waals surface area (Å²) in [6.45, 7) is 2.36. The normalized spacial score (nSPS) is 15.2. The molecule has 2 aliphatic carbocycles. The van der Waals surface area contributed by atoms with Gasteiger partial charge in [-0.1, -0.05) is 6.07 Å². The van der Waals surface area contributed by atoms with Crippen molar-refractivity contribution in [3.05, 3.63) is 53.0 Å². The SMILES string of the molecule is Cc1ccc(C(=O)NC2CC2)cc1N(C(=O)OCOP(=O)(O)O)c1ncnn2cc(C(=O)NC3CC3)c(C)c12. The van der Waals surface area contributed by atoms with Gasteiger partial charge in [-0.2, -0.15) is 5.10 Å². The highest BCUT2D eigenvalue weighted by atomic mass is 31.2. The van der Waals surface area contributed by atoms with Gasteiger partial charge in [0.1, 0.15) is 11.8 Å². The molecule has 0 bridgehead atoms. The highest BCUT2D eigenvalue weighted by Gasteiger charge is 2.31. The summed E-state index contributed by atoms with van der Waals surface area (Å²) < 4.78 is 21.9. The van der Waals surface area contributed by atoms with Gasteiger partial charge in [0.2, 0.25) is 6.79 Å². The number of anilines is 2. The number of aryl methyl sites for hydroxylation is 2. The van der Waals surface area contributed by atoms with Crippen LogP contribution in [0.3, 0.4) is 0 Å². The lowest BCUT2D eigenvalue weighted by Crippen LogP contribution is -2.30. The lowest BCUT2D eigenvalue weighted by molar-refractivity contribution is 0.0445. The Bertz CT molecular complexity index is 1510. The Labute approximate surface area is 222 Å². The number of hydrogen-bond acceptors (Lipinski definition) is 8. The summed E-state index contributed by atoms with van der Waals surface area (Å²) in [7, 11) is -4.92. The van der Waals surface area contributed by atoms with E-state index in [9.17, 15) is 18.9 Å². The fourth-order valence-electron chi connectivity index (χ4n) is 4.02. The van der Waals surface area contributed by atoms with Crippen molar-refractivity contribution in [1.82, 2.24) is 25.2 Å². The van der Waals surface area contributed by atoms with E-state index in [1.54, 1.807) is 26.0 Å². The maximum atomic E-state index is 13.4. The molecule has 2 aliphatic rings. The Morgan fingerprint density at radius 2 is 1.77 bits per heavy atom. The van der Waals surface area contributed by atoms with Crippen molar-refractivity contribution < 1.29 is 38.0 Å². The van der Waals surface area contributed by atoms with Crippen molar-refractivity contribution in [3.63, 3.8) is 0 Å². The quantitative estimate of drug-likeness (QED) is 0.225. The summed E-state index contributed by atoms with van der Waals surface area (Å²) in [6, 6.07) is 5.00. The van der Waals surface area contributed by atoms with E-state index in [1.807, 2.05) is 0 Å². The van der Waals surface area contributed by atoms with Crippen molar-refractivity contribution in [1.29, 1.82) is 0 Å². The standard InChI is InChI=1S/C24H27N6O8P/c1-13-3-4-15(22(31)27-16-5-6-16)9-19(13)30(24(33)37-12-38-39(34,35)36)21-20-14(2)18(10-29(20)26-11-25-21)23(32)28-17-7-8-17/h3-4,9-11,16-17H,5-8,12H2,1-2H3,(H,27,31)(H,28,32)(H2,34,35,36). The molecule has 3 aromatic rings. The second-order valence-corrected chi connectivity index (χ2v) is 10.8. The molecule has 0 saturated heterocycles. The number of phosphoric ester groups is 1. The molecule has 0 spiro atoms. The van der Waals surface area contributed by atoms with Gasteiger partial charge in [0.25, 0.3) is 11.8 Å². The van der Waals surface area contributed by atoms with Crippen LogP contribution in [0.15, 0.2) is 30.7 Å². The second-order valence-electron chi connectivity index (χ2n) is 9.52. The Hall–Kier alpha value is -3.84. The van der Waals surface area contributed by atoms with Crippen LogP contribution in [-0.4, -0.2) is 61.2 Å². The number of carbonyl (C=O) groups is 3. The van der Waals surface area contributed by atoms with Gasteiger partial charge in [-0.3, -0.25) is 9.59 Å². The van der Waals surface area contributed by atoms with Gasteiger partial charge in [-0.25, -0.2) is 28.3 Å². The molecule has 2 aromatic heterocycles. The Morgan fingerprint density at radius 1 is 1.10 bits per heavy atom. The largest absolute Gasteiger partial charge is 0.472 e. The summed E-state index contributed by atoms with van der Waals surface area (Å²) >= 11 is 0. The molecule has 2 fully saturated rings. The van der Waals surface area contributed by atoms with E-state index in [0.717, 1.165) is 30.6 Å². The summed E-state index contributed by atoms with van der Waals surface area (Å²) in [5, 5.41) is 10.0. The molecule has 14 nitrogen and oxygen atoms in total. The van der Waals surface area contributed by atoms with Crippen LogP contribution in [0.4, 0.5) is 16.3 Å². The number of rotatable bonds is 9. The molecule has 0 radical (unpaired) electrons. The van der Waals surface area contributed by atoms with Gasteiger partial charge in [-0.05, 0) is 62.8 Å². The minimum absolute atomic E-state index is 0.0250. The molecule has 39 heavy (non-hydrogen) atoms. The van der Waals surface area contributed by atoms with E-state index >= 15 is 0 Å². The van der Waals surface area contributed by atoms with Crippen LogP contribution in [0.2, 0.25) is 0 Å². The highest BCUT2D eigenvalue weighted by molar-refractivity contribution is 7.46. The molecule has 2 heterocycles. The predicted molar refractivity (Wildman–Crippen MR) is 136 cm³/mol. The van der Waals surface area contributed by atoms with Crippen molar-refractivity contribution in [2.45, 2.75) is 51.6 Å². The molecular formula is C24H27N6O8P. The maximum Gasteiger partial charge on any atom is 0.472 e. The number of fused-ring (bicyclic) bond motifs is 1. The molecule has 3 amide bonds. The highest BCUT2D eigenvalue weighted by Crippen LogP contribution is 2.37. The first kappa shape index (κ1) is 26.8. The third-order valence-electron chi connectivity index (χ3n) is 6.39. The fourth-order valence-corrected chi connectivity index (χ4v) is 4.21. The average molecular weight is 558 g/mol. The van der Waals surface area contributed by atoms with Gasteiger partial charge < -0.3 is 25.2 Å². The van der Waals surface area contributed by atoms with Gasteiger partial charge in [0.15, 0.2) is 5.82 Å². The Kier molecular flexibility index (Phi) is 7.12. The first-order chi connectivity index (χ1) is 18.5. The smallest absolute Gasteiger partial charge is 0.421 e. The van der Waals surface area contributed by atoms with E-state index in [1.165, 1.54) is 23.1 Å². The molecule has 15 heteroatoms. The van der Waals surface area contributed by atoms with Crippen molar-refractivity contribution in [2.75, 3.05) is 11.7 Å². The zero-order chi connectivity index (χ0) is 27.9. The molecule has 1 aromatic carbocycles. The number of amides is 3. The van der Waals surface area contributed by atoms with Crippen LogP contribution in [0.5, 0.6) is 0 Å².